The van der Waals surface area contributed by atoms with Crippen LogP contribution in [0.5, 0.6) is 0 Å². The molecule has 16 heavy (non-hydrogen) atoms. The van der Waals surface area contributed by atoms with Crippen LogP contribution in [0.4, 0.5) is 0 Å². The fourth-order valence-corrected chi connectivity index (χ4v) is 2.37. The zero-order chi connectivity index (χ0) is 12.0. The van der Waals surface area contributed by atoms with E-state index < -0.39 is 0 Å². The molecule has 0 saturated heterocycles. The summed E-state index contributed by atoms with van der Waals surface area (Å²) in [5.74, 6) is 1.30. The van der Waals surface area contributed by atoms with Crippen LogP contribution in [0, 0.1) is 5.92 Å². The fraction of sp³-hybridized carbons (Fsp3) is 0.571. The summed E-state index contributed by atoms with van der Waals surface area (Å²) in [5.41, 5.74) is 7.22. The molecule has 1 aromatic rings. The van der Waals surface area contributed by atoms with E-state index >= 15 is 0 Å². The van der Waals surface area contributed by atoms with Crippen LogP contribution in [0.2, 0.25) is 0 Å². The first kappa shape index (κ1) is 13.7. The highest BCUT2D eigenvalue weighted by molar-refractivity contribution is 9.10. The molecule has 0 bridgehead atoms. The lowest BCUT2D eigenvalue weighted by atomic mass is 9.92. The Morgan fingerprint density at radius 1 is 1.25 bits per heavy atom. The van der Waals surface area contributed by atoms with E-state index in [9.17, 15) is 0 Å². The van der Waals surface area contributed by atoms with Crippen LogP contribution in [-0.2, 0) is 0 Å². The van der Waals surface area contributed by atoms with Gasteiger partial charge in [0.05, 0.1) is 0 Å². The van der Waals surface area contributed by atoms with Crippen LogP contribution in [0.3, 0.4) is 0 Å². The van der Waals surface area contributed by atoms with Crippen LogP contribution in [0.1, 0.15) is 44.6 Å². The lowest BCUT2D eigenvalue weighted by Gasteiger charge is -2.16. The summed E-state index contributed by atoms with van der Waals surface area (Å²) in [5, 5.41) is 0. The van der Waals surface area contributed by atoms with Crippen molar-refractivity contribution in [2.45, 2.75) is 39.0 Å². The zero-order valence-electron chi connectivity index (χ0n) is 10.2. The molecule has 1 atom stereocenters. The quantitative estimate of drug-likeness (QED) is 0.827. The van der Waals surface area contributed by atoms with E-state index in [0.29, 0.717) is 5.92 Å². The monoisotopic (exact) mass is 283 g/mol. The Balaban J connectivity index is 2.53. The summed E-state index contributed by atoms with van der Waals surface area (Å²) >= 11 is 3.51. The van der Waals surface area contributed by atoms with Crippen molar-refractivity contribution >= 4 is 15.9 Å². The summed E-state index contributed by atoms with van der Waals surface area (Å²) in [6.07, 6.45) is 3.77. The minimum atomic E-state index is 0.510. The highest BCUT2D eigenvalue weighted by Crippen LogP contribution is 2.24. The first-order valence-electron chi connectivity index (χ1n) is 6.09. The van der Waals surface area contributed by atoms with Crippen molar-refractivity contribution in [2.75, 3.05) is 6.54 Å². The average molecular weight is 284 g/mol. The molecule has 0 aromatic heterocycles. The molecule has 0 aliphatic carbocycles. The van der Waals surface area contributed by atoms with Crippen molar-refractivity contribution in [3.05, 3.63) is 34.3 Å². The Kier molecular flexibility index (Phi) is 6.07. The summed E-state index contributed by atoms with van der Waals surface area (Å²) in [6, 6.07) is 8.51. The number of halogens is 1. The van der Waals surface area contributed by atoms with Gasteiger partial charge in [-0.1, -0.05) is 54.8 Å². The number of hydrogen-bond donors (Lipinski definition) is 1. The van der Waals surface area contributed by atoms with Gasteiger partial charge in [-0.05, 0) is 42.5 Å². The van der Waals surface area contributed by atoms with Crippen LogP contribution in [0.25, 0.3) is 0 Å². The Morgan fingerprint density at radius 3 is 2.56 bits per heavy atom. The highest BCUT2D eigenvalue weighted by Gasteiger charge is 2.09. The van der Waals surface area contributed by atoms with E-state index in [0.717, 1.165) is 16.9 Å². The molecule has 1 rings (SSSR count). The molecule has 0 heterocycles. The standard InChI is InChI=1S/C14H22BrN/c1-11(2)5-3-7-13(10-16)12-6-4-8-14(15)9-12/h4,6,8-9,11,13H,3,5,7,10,16H2,1-2H3. The van der Waals surface area contributed by atoms with E-state index in [1.54, 1.807) is 0 Å². The number of benzene rings is 1. The molecule has 0 radical (unpaired) electrons. The van der Waals surface area contributed by atoms with Crippen molar-refractivity contribution in [3.63, 3.8) is 0 Å². The second kappa shape index (κ2) is 7.08. The second-order valence-corrected chi connectivity index (χ2v) is 5.73. The molecule has 0 saturated carbocycles. The van der Waals surface area contributed by atoms with Gasteiger partial charge in [0.15, 0.2) is 0 Å². The zero-order valence-corrected chi connectivity index (χ0v) is 11.8. The van der Waals surface area contributed by atoms with Crippen molar-refractivity contribution < 1.29 is 0 Å². The van der Waals surface area contributed by atoms with E-state index in [1.807, 2.05) is 0 Å². The number of rotatable bonds is 6. The van der Waals surface area contributed by atoms with Gasteiger partial charge in [-0.25, -0.2) is 0 Å². The van der Waals surface area contributed by atoms with E-state index in [2.05, 4.69) is 54.0 Å². The second-order valence-electron chi connectivity index (χ2n) is 4.81. The minimum Gasteiger partial charge on any atom is -0.330 e. The molecule has 0 aliphatic rings. The highest BCUT2D eigenvalue weighted by atomic mass is 79.9. The predicted octanol–water partition coefficient (Wildman–Crippen LogP) is 4.32. The maximum Gasteiger partial charge on any atom is 0.0178 e. The van der Waals surface area contributed by atoms with Gasteiger partial charge in [-0.3, -0.25) is 0 Å². The third-order valence-corrected chi connectivity index (χ3v) is 3.43. The van der Waals surface area contributed by atoms with Crippen molar-refractivity contribution in [1.29, 1.82) is 0 Å². The normalized spacial score (nSPS) is 13.1. The molecular formula is C14H22BrN. The van der Waals surface area contributed by atoms with Gasteiger partial charge in [0.25, 0.3) is 0 Å². The average Bonchev–Trinajstić information content (AvgIpc) is 2.24. The molecule has 0 amide bonds. The van der Waals surface area contributed by atoms with Crippen molar-refractivity contribution in [3.8, 4) is 0 Å². The molecule has 90 valence electrons. The van der Waals surface area contributed by atoms with Crippen LogP contribution >= 0.6 is 15.9 Å². The van der Waals surface area contributed by atoms with Crippen molar-refractivity contribution in [2.24, 2.45) is 11.7 Å². The molecule has 1 aromatic carbocycles. The molecule has 2 heteroatoms. The van der Waals surface area contributed by atoms with E-state index in [4.69, 9.17) is 5.73 Å². The summed E-state index contributed by atoms with van der Waals surface area (Å²) in [4.78, 5) is 0. The third kappa shape index (κ3) is 4.67. The maximum atomic E-state index is 5.86. The molecule has 1 unspecified atom stereocenters. The van der Waals surface area contributed by atoms with E-state index in [1.165, 1.54) is 24.8 Å². The molecule has 0 fully saturated rings. The number of nitrogens with two attached hydrogens (primary N) is 1. The van der Waals surface area contributed by atoms with Gasteiger partial charge in [0, 0.05) is 4.47 Å². The Morgan fingerprint density at radius 2 is 2.00 bits per heavy atom. The largest absolute Gasteiger partial charge is 0.330 e. The lowest BCUT2D eigenvalue weighted by Crippen LogP contribution is -2.12. The predicted molar refractivity (Wildman–Crippen MR) is 74.6 cm³/mol. The van der Waals surface area contributed by atoms with Gasteiger partial charge in [0.2, 0.25) is 0 Å². The summed E-state index contributed by atoms with van der Waals surface area (Å²) in [6.45, 7) is 5.29. The van der Waals surface area contributed by atoms with Gasteiger partial charge >= 0.3 is 0 Å². The molecule has 1 nitrogen and oxygen atoms in total. The molecule has 0 spiro atoms. The van der Waals surface area contributed by atoms with Crippen molar-refractivity contribution in [1.82, 2.24) is 0 Å². The summed E-state index contributed by atoms with van der Waals surface area (Å²) in [7, 11) is 0. The first-order chi connectivity index (χ1) is 7.63. The fourth-order valence-electron chi connectivity index (χ4n) is 1.95. The van der Waals surface area contributed by atoms with E-state index in [-0.39, 0.29) is 0 Å². The maximum absolute atomic E-state index is 5.86. The van der Waals surface area contributed by atoms with Gasteiger partial charge in [-0.2, -0.15) is 0 Å². The molecular weight excluding hydrogens is 262 g/mol. The van der Waals surface area contributed by atoms with Crippen LogP contribution in [-0.4, -0.2) is 6.54 Å². The van der Waals surface area contributed by atoms with Crippen LogP contribution in [0.15, 0.2) is 28.7 Å². The lowest BCUT2D eigenvalue weighted by molar-refractivity contribution is 0.502. The Bertz CT molecular complexity index is 309. The van der Waals surface area contributed by atoms with Gasteiger partial charge in [0.1, 0.15) is 0 Å². The number of hydrogen-bond acceptors (Lipinski definition) is 1. The first-order valence-corrected chi connectivity index (χ1v) is 6.88. The minimum absolute atomic E-state index is 0.510. The topological polar surface area (TPSA) is 26.0 Å². The third-order valence-electron chi connectivity index (χ3n) is 2.94. The SMILES string of the molecule is CC(C)CCCC(CN)c1cccc(Br)c1. The Hall–Kier alpha value is -0.340. The summed E-state index contributed by atoms with van der Waals surface area (Å²) < 4.78 is 1.15. The molecule has 2 N–H and O–H groups in total. The van der Waals surface area contributed by atoms with Gasteiger partial charge < -0.3 is 5.73 Å². The molecule has 0 aliphatic heterocycles. The van der Waals surface area contributed by atoms with Gasteiger partial charge in [-0.15, -0.1) is 0 Å². The smallest absolute Gasteiger partial charge is 0.0178 e. The Labute approximate surface area is 108 Å². The van der Waals surface area contributed by atoms with Crippen LogP contribution < -0.4 is 5.73 Å².